The molecule has 2 aliphatic heterocycles. The molecule has 2 aromatic carbocycles. The topological polar surface area (TPSA) is 90.0 Å². The first kappa shape index (κ1) is 30.9. The average molecular weight is 611 g/mol. The Morgan fingerprint density at radius 1 is 0.956 bits per heavy atom. The number of amides is 2. The van der Waals surface area contributed by atoms with Crippen LogP contribution >= 0.6 is 0 Å². The van der Waals surface area contributed by atoms with Crippen LogP contribution in [0.2, 0.25) is 0 Å². The van der Waals surface area contributed by atoms with Crippen LogP contribution in [-0.4, -0.2) is 80.7 Å². The fraction of sp³-hybridized carbons (Fsp3) is 0.472. The van der Waals surface area contributed by atoms with E-state index in [1.54, 1.807) is 13.3 Å². The van der Waals surface area contributed by atoms with Gasteiger partial charge in [0.2, 0.25) is 0 Å². The first-order valence-electron chi connectivity index (χ1n) is 16.3. The van der Waals surface area contributed by atoms with Gasteiger partial charge in [-0.1, -0.05) is 18.2 Å². The minimum absolute atomic E-state index is 0.0460. The lowest BCUT2D eigenvalue weighted by Gasteiger charge is -2.38. The van der Waals surface area contributed by atoms with Crippen molar-refractivity contribution in [3.8, 4) is 5.75 Å². The van der Waals surface area contributed by atoms with Gasteiger partial charge in [0.15, 0.2) is 0 Å². The van der Waals surface area contributed by atoms with Gasteiger partial charge in [-0.05, 0) is 94.5 Å². The Balaban J connectivity index is 1.05. The third-order valence-electron chi connectivity index (χ3n) is 10.0. The number of nitrogens with zero attached hydrogens (tertiary/aromatic N) is 4. The van der Waals surface area contributed by atoms with E-state index < -0.39 is 0 Å². The number of fused-ring (bicyclic) bond motifs is 1. The van der Waals surface area contributed by atoms with Gasteiger partial charge in [-0.3, -0.25) is 9.59 Å². The molecule has 6 rings (SSSR count). The van der Waals surface area contributed by atoms with Crippen molar-refractivity contribution in [3.63, 3.8) is 0 Å². The van der Waals surface area contributed by atoms with Crippen LogP contribution in [0, 0.1) is 12.8 Å². The summed E-state index contributed by atoms with van der Waals surface area (Å²) < 4.78 is 5.41. The maximum Gasteiger partial charge on any atom is 0.253 e. The number of piperidine rings is 1. The van der Waals surface area contributed by atoms with Crippen molar-refractivity contribution in [1.82, 2.24) is 20.5 Å². The molecule has 2 amide bonds. The number of anilines is 2. The number of benzene rings is 2. The Kier molecular flexibility index (Phi) is 9.26. The highest BCUT2D eigenvalue weighted by atomic mass is 16.5. The molecule has 4 atom stereocenters. The van der Waals surface area contributed by atoms with Crippen LogP contribution in [0.1, 0.15) is 70.5 Å². The van der Waals surface area contributed by atoms with Crippen molar-refractivity contribution in [2.24, 2.45) is 5.92 Å². The summed E-state index contributed by atoms with van der Waals surface area (Å²) in [7, 11) is 3.79. The maximum absolute atomic E-state index is 13.2. The summed E-state index contributed by atoms with van der Waals surface area (Å²) in [6, 6.07) is 18.3. The number of carbonyl (C=O) groups is 2. The molecule has 0 bridgehead atoms. The summed E-state index contributed by atoms with van der Waals surface area (Å²) in [4.78, 5) is 38.2. The van der Waals surface area contributed by atoms with Gasteiger partial charge in [0.1, 0.15) is 11.6 Å². The Bertz CT molecular complexity index is 1490. The second kappa shape index (κ2) is 13.5. The monoisotopic (exact) mass is 610 g/mol. The highest BCUT2D eigenvalue weighted by Gasteiger charge is 2.41. The number of likely N-dealkylation sites (N-methyl/N-ethyl adjacent to an activating group) is 1. The SMILES string of the molecule is COc1cccc(C(=O)NC2CC3CCCN(c4ccc(C(=O)N[C@@H](C)c5ccc(N6CCN(C)CC6)cc5)cn4)C3C2)c1C. The van der Waals surface area contributed by atoms with Crippen LogP contribution in [0.15, 0.2) is 60.8 Å². The molecule has 3 aromatic rings. The molecule has 9 nitrogen and oxygen atoms in total. The molecule has 1 saturated carbocycles. The van der Waals surface area contributed by atoms with E-state index in [0.717, 1.165) is 81.1 Å². The van der Waals surface area contributed by atoms with Crippen molar-refractivity contribution in [2.75, 3.05) is 56.7 Å². The van der Waals surface area contributed by atoms with Crippen LogP contribution in [-0.2, 0) is 0 Å². The van der Waals surface area contributed by atoms with E-state index in [9.17, 15) is 9.59 Å². The first-order valence-corrected chi connectivity index (χ1v) is 16.3. The van der Waals surface area contributed by atoms with E-state index in [4.69, 9.17) is 9.72 Å². The van der Waals surface area contributed by atoms with Gasteiger partial charge in [-0.2, -0.15) is 0 Å². The summed E-state index contributed by atoms with van der Waals surface area (Å²) in [5, 5.41) is 6.43. The number of methoxy groups -OCH3 is 1. The van der Waals surface area contributed by atoms with E-state index in [-0.39, 0.29) is 23.9 Å². The lowest BCUT2D eigenvalue weighted by molar-refractivity contribution is 0.0929. The number of ether oxygens (including phenoxy) is 1. The summed E-state index contributed by atoms with van der Waals surface area (Å²) in [5.74, 6) is 1.95. The molecule has 3 fully saturated rings. The third-order valence-corrected chi connectivity index (χ3v) is 10.0. The number of hydrogen-bond acceptors (Lipinski definition) is 7. The van der Waals surface area contributed by atoms with Gasteiger partial charge in [0.25, 0.3) is 11.8 Å². The number of rotatable bonds is 8. The summed E-state index contributed by atoms with van der Waals surface area (Å²) in [5.41, 5.74) is 4.38. The van der Waals surface area contributed by atoms with E-state index in [2.05, 4.69) is 56.6 Å². The largest absolute Gasteiger partial charge is 0.496 e. The smallest absolute Gasteiger partial charge is 0.253 e. The first-order chi connectivity index (χ1) is 21.8. The normalized spacial score (nSPS) is 22.4. The van der Waals surface area contributed by atoms with Gasteiger partial charge in [-0.15, -0.1) is 0 Å². The number of nitrogens with one attached hydrogen (secondary N) is 2. The van der Waals surface area contributed by atoms with Crippen LogP contribution in [0.5, 0.6) is 5.75 Å². The van der Waals surface area contributed by atoms with Crippen LogP contribution in [0.3, 0.4) is 0 Å². The van der Waals surface area contributed by atoms with Crippen molar-refractivity contribution >= 4 is 23.3 Å². The molecule has 9 heteroatoms. The molecule has 1 aliphatic carbocycles. The molecule has 3 aliphatic rings. The highest BCUT2D eigenvalue weighted by Crippen LogP contribution is 2.39. The van der Waals surface area contributed by atoms with Crippen LogP contribution in [0.25, 0.3) is 0 Å². The number of carbonyl (C=O) groups excluding carboxylic acids is 2. The fourth-order valence-corrected chi connectivity index (χ4v) is 7.32. The molecule has 2 saturated heterocycles. The average Bonchev–Trinajstić information content (AvgIpc) is 3.48. The zero-order valence-corrected chi connectivity index (χ0v) is 27.0. The van der Waals surface area contributed by atoms with Gasteiger partial charge < -0.3 is 30.1 Å². The highest BCUT2D eigenvalue weighted by molar-refractivity contribution is 5.96. The van der Waals surface area contributed by atoms with E-state index in [0.29, 0.717) is 23.1 Å². The van der Waals surface area contributed by atoms with E-state index >= 15 is 0 Å². The lowest BCUT2D eigenvalue weighted by atomic mass is 9.92. The molecule has 45 heavy (non-hydrogen) atoms. The number of piperazine rings is 1. The van der Waals surface area contributed by atoms with Crippen molar-refractivity contribution in [2.45, 2.75) is 57.7 Å². The van der Waals surface area contributed by atoms with Crippen molar-refractivity contribution in [1.29, 1.82) is 0 Å². The molecule has 1 aromatic heterocycles. The molecule has 0 spiro atoms. The second-order valence-corrected chi connectivity index (χ2v) is 12.9. The van der Waals surface area contributed by atoms with Crippen LogP contribution in [0.4, 0.5) is 11.5 Å². The predicted molar refractivity (Wildman–Crippen MR) is 178 cm³/mol. The molecule has 2 N–H and O–H groups in total. The fourth-order valence-electron chi connectivity index (χ4n) is 7.32. The minimum atomic E-state index is -0.127. The zero-order valence-electron chi connectivity index (χ0n) is 27.0. The third kappa shape index (κ3) is 6.78. The van der Waals surface area contributed by atoms with Gasteiger partial charge in [-0.25, -0.2) is 4.98 Å². The van der Waals surface area contributed by atoms with Gasteiger partial charge in [0.05, 0.1) is 18.7 Å². The summed E-state index contributed by atoms with van der Waals surface area (Å²) >= 11 is 0. The summed E-state index contributed by atoms with van der Waals surface area (Å²) in [6.45, 7) is 9.08. The zero-order chi connectivity index (χ0) is 31.5. The number of hydrogen-bond donors (Lipinski definition) is 2. The summed E-state index contributed by atoms with van der Waals surface area (Å²) in [6.07, 6.45) is 5.78. The molecule has 3 heterocycles. The Morgan fingerprint density at radius 2 is 1.73 bits per heavy atom. The lowest BCUT2D eigenvalue weighted by Crippen LogP contribution is -2.44. The Morgan fingerprint density at radius 3 is 2.44 bits per heavy atom. The van der Waals surface area contributed by atoms with Gasteiger partial charge >= 0.3 is 0 Å². The second-order valence-electron chi connectivity index (χ2n) is 12.9. The van der Waals surface area contributed by atoms with E-state index in [1.807, 2.05) is 44.2 Å². The Labute approximate surface area is 266 Å². The van der Waals surface area contributed by atoms with Crippen LogP contribution < -0.4 is 25.2 Å². The number of pyridine rings is 1. The van der Waals surface area contributed by atoms with Gasteiger partial charge in [0, 0.05) is 67.8 Å². The predicted octanol–water partition coefficient (Wildman–Crippen LogP) is 4.82. The minimum Gasteiger partial charge on any atom is -0.496 e. The standard InChI is InChI=1S/C36H46N6O3/c1-24-31(8-5-9-33(24)45-4)36(44)39-29-21-27-7-6-16-42(32(27)22-29)34-15-12-28(23-37-34)35(43)38-25(2)26-10-13-30(14-11-26)41-19-17-40(3)18-20-41/h5,8-15,23,25,27,29,32H,6-7,16-22H2,1-4H3,(H,38,43)(H,39,44)/t25-,27?,29?,32?/m0/s1. The molecule has 3 unspecified atom stereocenters. The molecular weight excluding hydrogens is 564 g/mol. The quantitative estimate of drug-likeness (QED) is 0.378. The van der Waals surface area contributed by atoms with Crippen molar-refractivity contribution in [3.05, 3.63) is 83.0 Å². The Hall–Kier alpha value is -4.11. The molecular formula is C36H46N6O3. The molecule has 0 radical (unpaired) electrons. The van der Waals surface area contributed by atoms with E-state index in [1.165, 1.54) is 5.69 Å². The number of aromatic nitrogens is 1. The molecule has 238 valence electrons. The van der Waals surface area contributed by atoms with Crippen molar-refractivity contribution < 1.29 is 14.3 Å². The maximum atomic E-state index is 13.2.